The summed E-state index contributed by atoms with van der Waals surface area (Å²) in [6.07, 6.45) is 6.59. The zero-order chi connectivity index (χ0) is 22.8. The van der Waals surface area contributed by atoms with Crippen LogP contribution in [-0.4, -0.2) is 32.4 Å². The third-order valence-electron chi connectivity index (χ3n) is 5.05. The molecule has 9 nitrogen and oxygen atoms in total. The smallest absolute Gasteiger partial charge is 0.275 e. The Kier molecular flexibility index (Phi) is 5.58. The Morgan fingerprint density at radius 2 is 2.09 bits per heavy atom. The predicted molar refractivity (Wildman–Crippen MR) is 118 cm³/mol. The van der Waals surface area contributed by atoms with Gasteiger partial charge in [-0.15, -0.1) is 0 Å². The molecule has 0 radical (unpaired) electrons. The number of carbonyl (C=O) groups is 1. The van der Waals surface area contributed by atoms with Gasteiger partial charge in [-0.3, -0.25) is 9.78 Å². The van der Waals surface area contributed by atoms with Crippen LogP contribution in [0.3, 0.4) is 0 Å². The van der Waals surface area contributed by atoms with E-state index in [1.165, 1.54) is 0 Å². The average Bonchev–Trinajstić information content (AvgIpc) is 3.31. The van der Waals surface area contributed by atoms with Crippen LogP contribution in [0.2, 0.25) is 0 Å². The van der Waals surface area contributed by atoms with Crippen molar-refractivity contribution in [3.63, 3.8) is 0 Å². The molecular weight excluding hydrogens is 408 g/mol. The molecule has 1 aromatic carbocycles. The molecule has 9 heteroatoms. The fraction of sp³-hybridized carbons (Fsp3) is 0.261. The van der Waals surface area contributed by atoms with Gasteiger partial charge in [0.05, 0.1) is 11.7 Å². The van der Waals surface area contributed by atoms with Gasteiger partial charge >= 0.3 is 0 Å². The summed E-state index contributed by atoms with van der Waals surface area (Å²) >= 11 is 0. The van der Waals surface area contributed by atoms with Crippen molar-refractivity contribution in [3.05, 3.63) is 78.1 Å². The molecule has 2 atom stereocenters. The SMILES string of the molecule is C[C@H](NC(=O)C1(c2ccccn2)N=CC=CN1)c1cccc(-c2noc(C(C)(C)O)n2)c1. The second kappa shape index (κ2) is 8.35. The van der Waals surface area contributed by atoms with E-state index in [2.05, 4.69) is 30.8 Å². The number of rotatable bonds is 6. The number of hydrogen-bond acceptors (Lipinski definition) is 8. The van der Waals surface area contributed by atoms with E-state index >= 15 is 0 Å². The number of aromatic nitrogens is 3. The summed E-state index contributed by atoms with van der Waals surface area (Å²) in [5, 5.41) is 20.1. The average molecular weight is 432 g/mol. The first-order valence-electron chi connectivity index (χ1n) is 10.2. The number of aliphatic hydroxyl groups is 1. The number of hydrogen-bond donors (Lipinski definition) is 3. The summed E-state index contributed by atoms with van der Waals surface area (Å²) < 4.78 is 5.17. The predicted octanol–water partition coefficient (Wildman–Crippen LogP) is 2.58. The Balaban J connectivity index is 1.57. The fourth-order valence-corrected chi connectivity index (χ4v) is 3.28. The number of nitrogens with zero attached hydrogens (tertiary/aromatic N) is 4. The van der Waals surface area contributed by atoms with Gasteiger partial charge in [0.2, 0.25) is 5.82 Å². The monoisotopic (exact) mass is 432 g/mol. The van der Waals surface area contributed by atoms with Gasteiger partial charge in [-0.25, -0.2) is 4.99 Å². The van der Waals surface area contributed by atoms with Crippen LogP contribution in [0, 0.1) is 0 Å². The standard InChI is InChI=1S/C23H24N6O3/c1-15(16-8-6-9-17(14-16)19-28-21(32-29-19)22(2,3)31)27-20(30)23(25-12-7-13-26-23)18-10-4-5-11-24-18/h4-15,25,31H,1-3H3,(H,27,30)/t15-,23?/m0/s1. The number of nitrogens with one attached hydrogen (secondary N) is 2. The lowest BCUT2D eigenvalue weighted by Gasteiger charge is -2.31. The first-order chi connectivity index (χ1) is 15.3. The Morgan fingerprint density at radius 1 is 1.25 bits per heavy atom. The Hall–Kier alpha value is -3.85. The van der Waals surface area contributed by atoms with Gasteiger partial charge in [-0.05, 0) is 50.6 Å². The number of carbonyl (C=O) groups excluding carboxylic acids is 1. The molecule has 3 N–H and O–H groups in total. The van der Waals surface area contributed by atoms with Crippen molar-refractivity contribution >= 4 is 12.1 Å². The van der Waals surface area contributed by atoms with Crippen LogP contribution >= 0.6 is 0 Å². The lowest BCUT2D eigenvalue weighted by atomic mass is 10.0. The van der Waals surface area contributed by atoms with Crippen LogP contribution in [-0.2, 0) is 16.1 Å². The summed E-state index contributed by atoms with van der Waals surface area (Å²) in [5.41, 5.74) is -0.538. The Morgan fingerprint density at radius 3 is 2.75 bits per heavy atom. The highest BCUT2D eigenvalue weighted by Crippen LogP contribution is 2.27. The van der Waals surface area contributed by atoms with Crippen molar-refractivity contribution in [1.82, 2.24) is 25.8 Å². The van der Waals surface area contributed by atoms with Gasteiger partial charge in [0, 0.05) is 24.2 Å². The molecule has 0 bridgehead atoms. The summed E-state index contributed by atoms with van der Waals surface area (Å²) in [4.78, 5) is 26.4. The van der Waals surface area contributed by atoms with Crippen LogP contribution in [0.1, 0.15) is 44.0 Å². The van der Waals surface area contributed by atoms with E-state index in [9.17, 15) is 9.90 Å². The number of benzene rings is 1. The Bertz CT molecular complexity index is 1170. The van der Waals surface area contributed by atoms with Crippen molar-refractivity contribution < 1.29 is 14.4 Å². The van der Waals surface area contributed by atoms with Crippen molar-refractivity contribution in [2.75, 3.05) is 0 Å². The number of pyridine rings is 1. The lowest BCUT2D eigenvalue weighted by molar-refractivity contribution is -0.128. The molecule has 1 unspecified atom stereocenters. The quantitative estimate of drug-likeness (QED) is 0.547. The van der Waals surface area contributed by atoms with Crippen LogP contribution in [0.5, 0.6) is 0 Å². The van der Waals surface area contributed by atoms with Crippen LogP contribution in [0.25, 0.3) is 11.4 Å². The van der Waals surface area contributed by atoms with Gasteiger partial charge in [0.1, 0.15) is 5.60 Å². The van der Waals surface area contributed by atoms with Gasteiger partial charge < -0.3 is 20.3 Å². The molecule has 3 heterocycles. The van der Waals surface area contributed by atoms with E-state index in [1.807, 2.05) is 37.3 Å². The van der Waals surface area contributed by atoms with Crippen LogP contribution in [0.4, 0.5) is 0 Å². The summed E-state index contributed by atoms with van der Waals surface area (Å²) in [7, 11) is 0. The van der Waals surface area contributed by atoms with E-state index in [0.717, 1.165) is 5.56 Å². The first-order valence-corrected chi connectivity index (χ1v) is 10.2. The molecule has 0 saturated heterocycles. The third-order valence-corrected chi connectivity index (χ3v) is 5.05. The molecule has 2 aromatic heterocycles. The van der Waals surface area contributed by atoms with Crippen molar-refractivity contribution in [3.8, 4) is 11.4 Å². The van der Waals surface area contributed by atoms with Gasteiger partial charge in [-0.1, -0.05) is 29.4 Å². The van der Waals surface area contributed by atoms with Gasteiger partial charge in [-0.2, -0.15) is 4.98 Å². The van der Waals surface area contributed by atoms with Crippen molar-refractivity contribution in [1.29, 1.82) is 0 Å². The summed E-state index contributed by atoms with van der Waals surface area (Å²) in [6.45, 7) is 5.03. The molecule has 4 rings (SSSR count). The maximum Gasteiger partial charge on any atom is 0.275 e. The van der Waals surface area contributed by atoms with Crippen molar-refractivity contribution in [2.45, 2.75) is 38.1 Å². The van der Waals surface area contributed by atoms with Gasteiger partial charge in [0.25, 0.3) is 17.5 Å². The van der Waals surface area contributed by atoms with Crippen LogP contribution in [0.15, 0.2) is 70.5 Å². The highest BCUT2D eigenvalue weighted by atomic mass is 16.5. The summed E-state index contributed by atoms with van der Waals surface area (Å²) in [5.74, 6) is 0.153. The topological polar surface area (TPSA) is 126 Å². The molecule has 32 heavy (non-hydrogen) atoms. The van der Waals surface area contributed by atoms with E-state index in [1.54, 1.807) is 50.7 Å². The highest BCUT2D eigenvalue weighted by molar-refractivity contribution is 5.90. The lowest BCUT2D eigenvalue weighted by Crippen LogP contribution is -2.53. The Labute approximate surface area is 185 Å². The van der Waals surface area contributed by atoms with E-state index in [4.69, 9.17) is 4.52 Å². The highest BCUT2D eigenvalue weighted by Gasteiger charge is 2.41. The molecule has 3 aromatic rings. The van der Waals surface area contributed by atoms with Crippen molar-refractivity contribution in [2.24, 2.45) is 4.99 Å². The molecule has 1 amide bonds. The minimum atomic E-state index is -1.35. The zero-order valence-electron chi connectivity index (χ0n) is 18.0. The molecule has 164 valence electrons. The molecule has 0 fully saturated rings. The molecule has 1 aliphatic rings. The normalized spacial score (nSPS) is 18.8. The molecule has 0 aliphatic carbocycles. The first kappa shape index (κ1) is 21.4. The summed E-state index contributed by atoms with van der Waals surface area (Å²) in [6, 6.07) is 12.5. The zero-order valence-corrected chi connectivity index (χ0v) is 18.0. The second-order valence-corrected chi connectivity index (χ2v) is 8.01. The molecular formula is C23H24N6O3. The van der Waals surface area contributed by atoms with Crippen LogP contribution < -0.4 is 10.6 Å². The number of aliphatic imine (C=N–C) groups is 1. The number of allylic oxidation sites excluding steroid dienone is 1. The minimum Gasteiger partial charge on any atom is -0.381 e. The maximum absolute atomic E-state index is 13.3. The van der Waals surface area contributed by atoms with E-state index in [0.29, 0.717) is 17.1 Å². The largest absolute Gasteiger partial charge is 0.381 e. The van der Waals surface area contributed by atoms with E-state index in [-0.39, 0.29) is 17.8 Å². The molecule has 1 aliphatic heterocycles. The second-order valence-electron chi connectivity index (χ2n) is 8.01. The maximum atomic E-state index is 13.3. The molecule has 0 spiro atoms. The molecule has 0 saturated carbocycles. The fourth-order valence-electron chi connectivity index (χ4n) is 3.28. The number of amides is 1. The minimum absolute atomic E-state index is 0.130. The third kappa shape index (κ3) is 4.15. The van der Waals surface area contributed by atoms with Gasteiger partial charge in [0.15, 0.2) is 0 Å². The van der Waals surface area contributed by atoms with E-state index < -0.39 is 11.3 Å².